The van der Waals surface area contributed by atoms with Crippen molar-refractivity contribution >= 4 is 11.6 Å². The summed E-state index contributed by atoms with van der Waals surface area (Å²) in [6.45, 7) is 5.23. The third kappa shape index (κ3) is 4.83. The van der Waals surface area contributed by atoms with Crippen LogP contribution in [0.4, 0.5) is 0 Å². The highest BCUT2D eigenvalue weighted by molar-refractivity contribution is 6.31. The number of rotatable bonds is 7. The fourth-order valence-corrected chi connectivity index (χ4v) is 2.68. The van der Waals surface area contributed by atoms with Crippen molar-refractivity contribution < 1.29 is 0 Å². The first kappa shape index (κ1) is 16.0. The smallest absolute Gasteiger partial charge is 0.0438 e. The molecule has 0 aliphatic rings. The number of hydrogen-bond acceptors (Lipinski definition) is 2. The van der Waals surface area contributed by atoms with Crippen LogP contribution < -0.4 is 5.32 Å². The fraction of sp³-hybridized carbons (Fsp3) is 0.389. The molecule has 0 aliphatic heterocycles. The Kier molecular flexibility index (Phi) is 6.21. The number of pyridine rings is 1. The summed E-state index contributed by atoms with van der Waals surface area (Å²) < 4.78 is 0. The fourth-order valence-electron chi connectivity index (χ4n) is 2.47. The Labute approximate surface area is 132 Å². The minimum absolute atomic E-state index is 0.356. The van der Waals surface area contributed by atoms with Gasteiger partial charge in [-0.15, -0.1) is 0 Å². The van der Waals surface area contributed by atoms with Crippen molar-refractivity contribution in [3.63, 3.8) is 0 Å². The molecule has 0 saturated heterocycles. The standard InChI is InChI=1S/C18H23ClN2/c1-3-14-9-10-16(21-13-14)12-17(20-4-2)11-15-7-5-6-8-18(15)19/h5-10,13,17,20H,3-4,11-12H2,1-2H3. The number of hydrogen-bond donors (Lipinski definition) is 1. The van der Waals surface area contributed by atoms with Crippen LogP contribution in [0.15, 0.2) is 42.6 Å². The van der Waals surface area contributed by atoms with E-state index in [0.717, 1.165) is 36.5 Å². The van der Waals surface area contributed by atoms with Crippen molar-refractivity contribution in [2.75, 3.05) is 6.54 Å². The highest BCUT2D eigenvalue weighted by Crippen LogP contribution is 2.18. The first-order valence-corrected chi connectivity index (χ1v) is 8.01. The Balaban J connectivity index is 2.06. The Morgan fingerprint density at radius 2 is 1.90 bits per heavy atom. The summed E-state index contributed by atoms with van der Waals surface area (Å²) in [6, 6.07) is 12.7. The molecule has 1 unspecified atom stereocenters. The molecule has 0 saturated carbocycles. The van der Waals surface area contributed by atoms with Crippen LogP contribution in [0.25, 0.3) is 0 Å². The second-order valence-corrected chi connectivity index (χ2v) is 5.67. The van der Waals surface area contributed by atoms with Gasteiger partial charge in [-0.05, 0) is 42.6 Å². The van der Waals surface area contributed by atoms with Crippen molar-refractivity contribution in [3.8, 4) is 0 Å². The highest BCUT2D eigenvalue weighted by atomic mass is 35.5. The topological polar surface area (TPSA) is 24.9 Å². The Hall–Kier alpha value is -1.38. The van der Waals surface area contributed by atoms with Crippen LogP contribution in [0, 0.1) is 0 Å². The molecule has 1 aromatic heterocycles. The van der Waals surface area contributed by atoms with E-state index in [-0.39, 0.29) is 0 Å². The lowest BCUT2D eigenvalue weighted by molar-refractivity contribution is 0.516. The number of nitrogens with zero attached hydrogens (tertiary/aromatic N) is 1. The molecule has 21 heavy (non-hydrogen) atoms. The van der Waals surface area contributed by atoms with Gasteiger partial charge >= 0.3 is 0 Å². The molecule has 1 heterocycles. The Morgan fingerprint density at radius 3 is 2.52 bits per heavy atom. The monoisotopic (exact) mass is 302 g/mol. The van der Waals surface area contributed by atoms with Crippen LogP contribution in [-0.4, -0.2) is 17.6 Å². The number of halogens is 1. The second-order valence-electron chi connectivity index (χ2n) is 5.27. The molecular formula is C18H23ClN2. The minimum Gasteiger partial charge on any atom is -0.314 e. The number of benzene rings is 1. The zero-order valence-electron chi connectivity index (χ0n) is 12.8. The Bertz CT molecular complexity index is 551. The van der Waals surface area contributed by atoms with Crippen LogP contribution in [0.3, 0.4) is 0 Å². The predicted molar refractivity (Wildman–Crippen MR) is 89.9 cm³/mol. The van der Waals surface area contributed by atoms with E-state index in [2.05, 4.69) is 42.3 Å². The molecule has 1 atom stereocenters. The van der Waals surface area contributed by atoms with Gasteiger partial charge < -0.3 is 5.32 Å². The van der Waals surface area contributed by atoms with E-state index in [9.17, 15) is 0 Å². The SMILES string of the molecule is CCNC(Cc1ccc(CC)cn1)Cc1ccccc1Cl. The van der Waals surface area contributed by atoms with Crippen molar-refractivity contribution in [1.29, 1.82) is 0 Å². The van der Waals surface area contributed by atoms with Crippen molar-refractivity contribution in [2.45, 2.75) is 39.2 Å². The summed E-state index contributed by atoms with van der Waals surface area (Å²) >= 11 is 6.27. The van der Waals surface area contributed by atoms with Crippen LogP contribution >= 0.6 is 11.6 Å². The van der Waals surface area contributed by atoms with Gasteiger partial charge in [0.15, 0.2) is 0 Å². The molecule has 0 bridgehead atoms. The maximum Gasteiger partial charge on any atom is 0.0438 e. The third-order valence-corrected chi connectivity index (χ3v) is 4.04. The first-order valence-electron chi connectivity index (χ1n) is 7.63. The molecule has 0 spiro atoms. The number of nitrogens with one attached hydrogen (secondary N) is 1. The van der Waals surface area contributed by atoms with Crippen molar-refractivity contribution in [2.24, 2.45) is 0 Å². The lowest BCUT2D eigenvalue weighted by atomic mass is 10.0. The molecule has 0 aliphatic carbocycles. The van der Waals surface area contributed by atoms with E-state index < -0.39 is 0 Å². The van der Waals surface area contributed by atoms with Gasteiger partial charge in [0.05, 0.1) is 0 Å². The molecule has 112 valence electrons. The van der Waals surface area contributed by atoms with E-state index in [1.807, 2.05) is 24.4 Å². The normalized spacial score (nSPS) is 12.3. The molecule has 2 rings (SSSR count). The van der Waals surface area contributed by atoms with E-state index in [1.54, 1.807) is 0 Å². The summed E-state index contributed by atoms with van der Waals surface area (Å²) in [5, 5.41) is 4.38. The van der Waals surface area contributed by atoms with Gasteiger partial charge in [0.25, 0.3) is 0 Å². The molecule has 3 heteroatoms. The molecule has 0 fully saturated rings. The van der Waals surface area contributed by atoms with Crippen LogP contribution in [0.1, 0.15) is 30.7 Å². The molecule has 1 aromatic carbocycles. The molecule has 2 aromatic rings. The van der Waals surface area contributed by atoms with Crippen LogP contribution in [0.5, 0.6) is 0 Å². The maximum atomic E-state index is 6.27. The predicted octanol–water partition coefficient (Wildman–Crippen LogP) is 4.06. The largest absolute Gasteiger partial charge is 0.314 e. The summed E-state index contributed by atoms with van der Waals surface area (Å²) in [5.74, 6) is 0. The minimum atomic E-state index is 0.356. The van der Waals surface area contributed by atoms with Crippen LogP contribution in [-0.2, 0) is 19.3 Å². The van der Waals surface area contributed by atoms with Crippen molar-refractivity contribution in [3.05, 3.63) is 64.4 Å². The first-order chi connectivity index (χ1) is 10.2. The zero-order valence-corrected chi connectivity index (χ0v) is 13.5. The van der Waals surface area contributed by atoms with Crippen molar-refractivity contribution in [1.82, 2.24) is 10.3 Å². The van der Waals surface area contributed by atoms with Crippen LogP contribution in [0.2, 0.25) is 5.02 Å². The molecule has 2 nitrogen and oxygen atoms in total. The summed E-state index contributed by atoms with van der Waals surface area (Å²) in [6.07, 6.45) is 4.85. The average Bonchev–Trinajstić information content (AvgIpc) is 2.50. The van der Waals surface area contributed by atoms with Gasteiger partial charge in [-0.1, -0.05) is 49.7 Å². The maximum absolute atomic E-state index is 6.27. The number of aryl methyl sites for hydroxylation is 1. The van der Waals surface area contributed by atoms with E-state index in [0.29, 0.717) is 6.04 Å². The van der Waals surface area contributed by atoms with Gasteiger partial charge in [0, 0.05) is 29.4 Å². The summed E-state index contributed by atoms with van der Waals surface area (Å²) in [4.78, 5) is 4.56. The third-order valence-electron chi connectivity index (χ3n) is 3.67. The van der Waals surface area contributed by atoms with E-state index >= 15 is 0 Å². The molecular weight excluding hydrogens is 280 g/mol. The molecule has 0 amide bonds. The lowest BCUT2D eigenvalue weighted by Crippen LogP contribution is -2.33. The van der Waals surface area contributed by atoms with Gasteiger partial charge in [0.2, 0.25) is 0 Å². The molecule has 0 radical (unpaired) electrons. The lowest BCUT2D eigenvalue weighted by Gasteiger charge is -2.18. The van der Waals surface area contributed by atoms with E-state index in [4.69, 9.17) is 11.6 Å². The highest BCUT2D eigenvalue weighted by Gasteiger charge is 2.12. The second kappa shape index (κ2) is 8.16. The van der Waals surface area contributed by atoms with Gasteiger partial charge in [-0.2, -0.15) is 0 Å². The van der Waals surface area contributed by atoms with Gasteiger partial charge in [-0.25, -0.2) is 0 Å². The van der Waals surface area contributed by atoms with E-state index in [1.165, 1.54) is 11.1 Å². The van der Waals surface area contributed by atoms with Gasteiger partial charge in [-0.3, -0.25) is 4.98 Å². The molecule has 1 N–H and O–H groups in total. The number of likely N-dealkylation sites (N-methyl/N-ethyl adjacent to an activating group) is 1. The number of aromatic nitrogens is 1. The average molecular weight is 303 g/mol. The van der Waals surface area contributed by atoms with Gasteiger partial charge in [0.1, 0.15) is 0 Å². The quantitative estimate of drug-likeness (QED) is 0.834. The Morgan fingerprint density at radius 1 is 1.10 bits per heavy atom. The summed E-state index contributed by atoms with van der Waals surface area (Å²) in [7, 11) is 0. The summed E-state index contributed by atoms with van der Waals surface area (Å²) in [5.41, 5.74) is 3.60. The zero-order chi connectivity index (χ0) is 15.1.